The maximum absolute atomic E-state index is 12.1. The van der Waals surface area contributed by atoms with Crippen LogP contribution in [0.3, 0.4) is 0 Å². The monoisotopic (exact) mass is 259 g/mol. The first kappa shape index (κ1) is 12.4. The van der Waals surface area contributed by atoms with E-state index in [2.05, 4.69) is 0 Å². The molecule has 2 aromatic rings. The molecule has 0 N–H and O–H groups in total. The smallest absolute Gasteiger partial charge is 0.219 e. The van der Waals surface area contributed by atoms with Crippen LogP contribution in [-0.4, -0.2) is 5.78 Å². The molecule has 1 unspecified atom stereocenters. The van der Waals surface area contributed by atoms with Gasteiger partial charge in [0.05, 0.1) is 6.07 Å². The lowest BCUT2D eigenvalue weighted by molar-refractivity contribution is 0.0952. The molecule has 2 rings (SSSR count). The Morgan fingerprint density at radius 2 is 1.94 bits per heavy atom. The minimum atomic E-state index is -0.868. The second-order valence-corrected chi connectivity index (χ2v) is 4.31. The van der Waals surface area contributed by atoms with Crippen LogP contribution >= 0.6 is 11.6 Å². The Hall–Kier alpha value is -2.05. The Bertz CT molecular complexity index is 607. The summed E-state index contributed by atoms with van der Waals surface area (Å²) in [6, 6.07) is 12.2. The molecule has 0 aliphatic carbocycles. The third kappa shape index (κ3) is 2.44. The lowest BCUT2D eigenvalue weighted by Crippen LogP contribution is -2.10. The van der Waals surface area contributed by atoms with Gasteiger partial charge in [0.1, 0.15) is 5.92 Å². The molecule has 1 heterocycles. The summed E-state index contributed by atoms with van der Waals surface area (Å²) in [6.07, 6.45) is 0. The summed E-state index contributed by atoms with van der Waals surface area (Å²) in [6.45, 7) is 1.94. The van der Waals surface area contributed by atoms with Gasteiger partial charge in [-0.2, -0.15) is 5.26 Å². The van der Waals surface area contributed by atoms with E-state index in [9.17, 15) is 4.79 Å². The van der Waals surface area contributed by atoms with Gasteiger partial charge in [0.25, 0.3) is 0 Å². The lowest BCUT2D eigenvalue weighted by atomic mass is 9.94. The van der Waals surface area contributed by atoms with Gasteiger partial charge in [0.2, 0.25) is 5.78 Å². The van der Waals surface area contributed by atoms with Crippen molar-refractivity contribution in [3.8, 4) is 6.07 Å². The van der Waals surface area contributed by atoms with Crippen molar-refractivity contribution < 1.29 is 9.21 Å². The Morgan fingerprint density at radius 3 is 2.44 bits per heavy atom. The maximum Gasteiger partial charge on any atom is 0.219 e. The van der Waals surface area contributed by atoms with Crippen LogP contribution in [0.5, 0.6) is 0 Å². The second kappa shape index (κ2) is 5.07. The number of hydrogen-bond donors (Lipinski definition) is 0. The van der Waals surface area contributed by atoms with Gasteiger partial charge in [-0.25, -0.2) is 0 Å². The van der Waals surface area contributed by atoms with Crippen LogP contribution in [0.2, 0.25) is 5.22 Å². The molecule has 1 aromatic heterocycles. The zero-order chi connectivity index (χ0) is 13.1. The van der Waals surface area contributed by atoms with Gasteiger partial charge in [-0.3, -0.25) is 4.79 Å². The van der Waals surface area contributed by atoms with E-state index in [4.69, 9.17) is 21.3 Å². The van der Waals surface area contributed by atoms with Crippen molar-refractivity contribution in [3.05, 3.63) is 58.5 Å². The number of aryl methyl sites for hydroxylation is 1. The van der Waals surface area contributed by atoms with Gasteiger partial charge in [-0.05, 0) is 36.2 Å². The fraction of sp³-hybridized carbons (Fsp3) is 0.143. The molecule has 0 aliphatic rings. The predicted molar refractivity (Wildman–Crippen MR) is 67.6 cm³/mol. The van der Waals surface area contributed by atoms with Crippen molar-refractivity contribution in [2.24, 2.45) is 0 Å². The van der Waals surface area contributed by atoms with Crippen LogP contribution in [-0.2, 0) is 0 Å². The van der Waals surface area contributed by atoms with Gasteiger partial charge >= 0.3 is 0 Å². The van der Waals surface area contributed by atoms with Crippen molar-refractivity contribution in [2.45, 2.75) is 12.8 Å². The molecule has 1 atom stereocenters. The molecule has 4 heteroatoms. The first-order valence-electron chi connectivity index (χ1n) is 5.37. The number of ketones is 1. The highest BCUT2D eigenvalue weighted by molar-refractivity contribution is 6.29. The van der Waals surface area contributed by atoms with Crippen LogP contribution in [0.15, 0.2) is 40.8 Å². The largest absolute Gasteiger partial charge is 0.442 e. The summed E-state index contributed by atoms with van der Waals surface area (Å²) >= 11 is 5.62. The fourth-order valence-corrected chi connectivity index (χ4v) is 1.78. The molecule has 0 saturated carbocycles. The number of hydrogen-bond acceptors (Lipinski definition) is 3. The number of halogens is 1. The zero-order valence-corrected chi connectivity index (χ0v) is 10.4. The van der Waals surface area contributed by atoms with Gasteiger partial charge in [0.15, 0.2) is 11.0 Å². The van der Waals surface area contributed by atoms with E-state index in [1.807, 2.05) is 25.1 Å². The van der Waals surface area contributed by atoms with E-state index in [0.29, 0.717) is 5.56 Å². The number of Topliss-reactive ketones (excluding diaryl/α,β-unsaturated/α-hetero) is 1. The summed E-state index contributed by atoms with van der Waals surface area (Å²) in [5, 5.41) is 9.28. The summed E-state index contributed by atoms with van der Waals surface area (Å²) in [4.78, 5) is 12.1. The van der Waals surface area contributed by atoms with Crippen molar-refractivity contribution in [3.63, 3.8) is 0 Å². The first-order chi connectivity index (χ1) is 8.61. The van der Waals surface area contributed by atoms with Crippen molar-refractivity contribution >= 4 is 17.4 Å². The highest BCUT2D eigenvalue weighted by atomic mass is 35.5. The highest BCUT2D eigenvalue weighted by Gasteiger charge is 2.24. The molecule has 0 aliphatic heterocycles. The molecule has 0 amide bonds. The summed E-state index contributed by atoms with van der Waals surface area (Å²) in [5.74, 6) is -1.15. The highest BCUT2D eigenvalue weighted by Crippen LogP contribution is 2.23. The minimum Gasteiger partial charge on any atom is -0.442 e. The topological polar surface area (TPSA) is 54.0 Å². The molecule has 0 spiro atoms. The molecule has 18 heavy (non-hydrogen) atoms. The van der Waals surface area contributed by atoms with Crippen molar-refractivity contribution in [1.82, 2.24) is 0 Å². The molecule has 0 radical (unpaired) electrons. The lowest BCUT2D eigenvalue weighted by Gasteiger charge is -2.06. The standard InChI is InChI=1S/C14H10ClNO2/c1-9-2-4-10(5-3-9)11(8-16)14(17)12-6-7-13(15)18-12/h2-7,11H,1H3. The third-order valence-electron chi connectivity index (χ3n) is 2.62. The van der Waals surface area contributed by atoms with Crippen LogP contribution < -0.4 is 0 Å². The summed E-state index contributed by atoms with van der Waals surface area (Å²) < 4.78 is 5.04. The molecule has 0 bridgehead atoms. The second-order valence-electron chi connectivity index (χ2n) is 3.94. The van der Waals surface area contributed by atoms with Gasteiger partial charge in [0, 0.05) is 0 Å². The average molecular weight is 260 g/mol. The Labute approximate surface area is 110 Å². The molecule has 1 aromatic carbocycles. The number of nitriles is 1. The number of carbonyl (C=O) groups excluding carboxylic acids is 1. The fourth-order valence-electron chi connectivity index (χ4n) is 1.63. The maximum atomic E-state index is 12.1. The number of nitrogens with zero attached hydrogens (tertiary/aromatic N) is 1. The SMILES string of the molecule is Cc1ccc(C(C#N)C(=O)c2ccc(Cl)o2)cc1. The predicted octanol–water partition coefficient (Wildman–Crippen LogP) is 3.73. The number of rotatable bonds is 3. The van der Waals surface area contributed by atoms with E-state index >= 15 is 0 Å². The summed E-state index contributed by atoms with van der Waals surface area (Å²) in [7, 11) is 0. The quantitative estimate of drug-likeness (QED) is 0.789. The molecule has 3 nitrogen and oxygen atoms in total. The average Bonchev–Trinajstić information content (AvgIpc) is 2.79. The molecule has 90 valence electrons. The van der Waals surface area contributed by atoms with Gasteiger partial charge in [-0.15, -0.1) is 0 Å². The number of benzene rings is 1. The van der Waals surface area contributed by atoms with E-state index in [1.54, 1.807) is 12.1 Å². The number of carbonyl (C=O) groups is 1. The Balaban J connectivity index is 2.32. The van der Waals surface area contributed by atoms with Crippen LogP contribution in [0.25, 0.3) is 0 Å². The molecular weight excluding hydrogens is 250 g/mol. The first-order valence-corrected chi connectivity index (χ1v) is 5.75. The van der Waals surface area contributed by atoms with Crippen molar-refractivity contribution in [2.75, 3.05) is 0 Å². The van der Waals surface area contributed by atoms with E-state index in [0.717, 1.165) is 5.56 Å². The van der Waals surface area contributed by atoms with Crippen molar-refractivity contribution in [1.29, 1.82) is 5.26 Å². The van der Waals surface area contributed by atoms with Gasteiger partial charge < -0.3 is 4.42 Å². The van der Waals surface area contributed by atoms with Crippen LogP contribution in [0.4, 0.5) is 0 Å². The summed E-state index contributed by atoms with van der Waals surface area (Å²) in [5.41, 5.74) is 1.73. The zero-order valence-electron chi connectivity index (χ0n) is 9.68. The van der Waals surface area contributed by atoms with E-state index in [-0.39, 0.29) is 16.8 Å². The van der Waals surface area contributed by atoms with E-state index < -0.39 is 5.92 Å². The van der Waals surface area contributed by atoms with Crippen LogP contribution in [0, 0.1) is 18.3 Å². The molecule has 0 fully saturated rings. The molecular formula is C14H10ClNO2. The minimum absolute atomic E-state index is 0.104. The normalized spacial score (nSPS) is 11.8. The third-order valence-corrected chi connectivity index (χ3v) is 2.82. The van der Waals surface area contributed by atoms with E-state index in [1.165, 1.54) is 12.1 Å². The number of furan rings is 1. The van der Waals surface area contributed by atoms with Gasteiger partial charge in [-0.1, -0.05) is 29.8 Å². The van der Waals surface area contributed by atoms with Crippen LogP contribution in [0.1, 0.15) is 27.6 Å². The Morgan fingerprint density at radius 1 is 1.28 bits per heavy atom. The molecule has 0 saturated heterocycles. The Kier molecular flexibility index (Phi) is 3.50.